The maximum absolute atomic E-state index is 12.5. The number of benzene rings is 1. The second kappa shape index (κ2) is 4.81. The Morgan fingerprint density at radius 1 is 1.22 bits per heavy atom. The van der Waals surface area contributed by atoms with E-state index >= 15 is 0 Å². The highest BCUT2D eigenvalue weighted by atomic mass is 19.4. The van der Waals surface area contributed by atoms with E-state index < -0.39 is 11.7 Å². The summed E-state index contributed by atoms with van der Waals surface area (Å²) < 4.78 is 38.7. The Hall–Kier alpha value is -1.82. The molecule has 2 aromatic rings. The molecule has 0 saturated carbocycles. The number of hydrogen-bond donors (Lipinski definition) is 1. The van der Waals surface area contributed by atoms with Gasteiger partial charge in [-0.05, 0) is 5.56 Å². The third kappa shape index (κ3) is 2.53. The quantitative estimate of drug-likeness (QED) is 0.915. The van der Waals surface area contributed by atoms with Crippen LogP contribution in [-0.2, 0) is 6.18 Å². The molecule has 6 heteroatoms. The van der Waals surface area contributed by atoms with Gasteiger partial charge in [0, 0.05) is 12.7 Å². The molecule has 0 aliphatic rings. The Morgan fingerprint density at radius 3 is 2.39 bits per heavy atom. The second-order valence-corrected chi connectivity index (χ2v) is 3.87. The summed E-state index contributed by atoms with van der Waals surface area (Å²) in [5, 5.41) is 3.75. The molecule has 2 N–H and O–H groups in total. The predicted octanol–water partition coefficient (Wildman–Crippen LogP) is 2.45. The van der Waals surface area contributed by atoms with Gasteiger partial charge in [-0.15, -0.1) is 0 Å². The summed E-state index contributed by atoms with van der Waals surface area (Å²) in [6, 6.07) is 8.70. The van der Waals surface area contributed by atoms with E-state index in [0.717, 1.165) is 18.0 Å². The molecule has 0 bridgehead atoms. The van der Waals surface area contributed by atoms with Crippen LogP contribution in [0.5, 0.6) is 0 Å². The molecule has 96 valence electrons. The molecule has 0 fully saturated rings. The van der Waals surface area contributed by atoms with Crippen LogP contribution >= 0.6 is 0 Å². The van der Waals surface area contributed by atoms with E-state index in [1.807, 2.05) is 30.3 Å². The zero-order valence-corrected chi connectivity index (χ0v) is 9.43. The fraction of sp³-hybridized carbons (Fsp3) is 0.250. The minimum Gasteiger partial charge on any atom is -0.328 e. The lowest BCUT2D eigenvalue weighted by Gasteiger charge is -2.15. The highest BCUT2D eigenvalue weighted by Gasteiger charge is 2.32. The van der Waals surface area contributed by atoms with Gasteiger partial charge in [-0.2, -0.15) is 18.3 Å². The molecule has 0 radical (unpaired) electrons. The molecule has 0 spiro atoms. The summed E-state index contributed by atoms with van der Waals surface area (Å²) in [6.45, 7) is 0.184. The minimum absolute atomic E-state index is 0.184. The number of rotatable bonds is 3. The highest BCUT2D eigenvalue weighted by molar-refractivity contribution is 5.21. The lowest BCUT2D eigenvalue weighted by atomic mass is 10.1. The number of nitrogens with zero attached hydrogens (tertiary/aromatic N) is 2. The molecule has 1 aromatic carbocycles. The number of nitrogens with two attached hydrogens (primary N) is 1. The van der Waals surface area contributed by atoms with Crippen molar-refractivity contribution in [1.82, 2.24) is 9.78 Å². The molecule has 1 atom stereocenters. The number of halogens is 3. The van der Waals surface area contributed by atoms with Gasteiger partial charge in [0.1, 0.15) is 0 Å². The van der Waals surface area contributed by atoms with E-state index in [9.17, 15) is 13.2 Å². The molecule has 2 rings (SSSR count). The van der Waals surface area contributed by atoms with Crippen LogP contribution in [0, 0.1) is 0 Å². The van der Waals surface area contributed by atoms with Crippen LogP contribution in [0.15, 0.2) is 42.7 Å². The first-order valence-corrected chi connectivity index (χ1v) is 5.38. The normalized spacial score (nSPS) is 13.6. The maximum atomic E-state index is 12.5. The Balaban J connectivity index is 2.32. The van der Waals surface area contributed by atoms with Gasteiger partial charge in [0.2, 0.25) is 0 Å². The van der Waals surface area contributed by atoms with Gasteiger partial charge in [-0.25, -0.2) is 0 Å². The summed E-state index contributed by atoms with van der Waals surface area (Å²) in [6.07, 6.45) is -2.59. The predicted molar refractivity (Wildman–Crippen MR) is 60.9 cm³/mol. The summed E-state index contributed by atoms with van der Waals surface area (Å²) in [5.41, 5.74) is 5.68. The van der Waals surface area contributed by atoms with Crippen LogP contribution in [-0.4, -0.2) is 16.3 Å². The molecule has 0 aliphatic heterocycles. The van der Waals surface area contributed by atoms with Crippen molar-refractivity contribution in [3.63, 3.8) is 0 Å². The van der Waals surface area contributed by atoms with E-state index in [1.54, 1.807) is 0 Å². The molecule has 1 aromatic heterocycles. The maximum Gasteiger partial charge on any atom is 0.419 e. The SMILES string of the molecule is NCC(c1ccccc1)n1cc(C(F)(F)F)cn1. The summed E-state index contributed by atoms with van der Waals surface area (Å²) in [4.78, 5) is 0. The topological polar surface area (TPSA) is 43.8 Å². The Morgan fingerprint density at radius 2 is 1.89 bits per heavy atom. The van der Waals surface area contributed by atoms with Gasteiger partial charge in [-0.1, -0.05) is 30.3 Å². The van der Waals surface area contributed by atoms with Crippen LogP contribution < -0.4 is 5.73 Å². The smallest absolute Gasteiger partial charge is 0.328 e. The van der Waals surface area contributed by atoms with Crippen molar-refractivity contribution in [2.75, 3.05) is 6.54 Å². The first kappa shape index (κ1) is 12.6. The minimum atomic E-state index is -4.38. The van der Waals surface area contributed by atoms with Gasteiger partial charge >= 0.3 is 6.18 Å². The fourth-order valence-corrected chi connectivity index (χ4v) is 1.73. The molecule has 1 unspecified atom stereocenters. The summed E-state index contributed by atoms with van der Waals surface area (Å²) in [7, 11) is 0. The van der Waals surface area contributed by atoms with Crippen LogP contribution in [0.3, 0.4) is 0 Å². The summed E-state index contributed by atoms with van der Waals surface area (Å²) >= 11 is 0. The molecule has 0 saturated heterocycles. The van der Waals surface area contributed by atoms with Crippen LogP contribution in [0.1, 0.15) is 17.2 Å². The molecular weight excluding hydrogens is 243 g/mol. The largest absolute Gasteiger partial charge is 0.419 e. The molecule has 1 heterocycles. The van der Waals surface area contributed by atoms with E-state index in [1.165, 1.54) is 4.68 Å². The van der Waals surface area contributed by atoms with E-state index in [-0.39, 0.29) is 12.6 Å². The van der Waals surface area contributed by atoms with Gasteiger partial charge < -0.3 is 5.73 Å². The fourth-order valence-electron chi connectivity index (χ4n) is 1.73. The van der Waals surface area contributed by atoms with Crippen molar-refractivity contribution >= 4 is 0 Å². The van der Waals surface area contributed by atoms with Crippen molar-refractivity contribution in [3.8, 4) is 0 Å². The van der Waals surface area contributed by atoms with E-state index in [0.29, 0.717) is 0 Å². The number of hydrogen-bond acceptors (Lipinski definition) is 2. The molecule has 18 heavy (non-hydrogen) atoms. The van der Waals surface area contributed by atoms with Crippen molar-refractivity contribution in [2.45, 2.75) is 12.2 Å². The van der Waals surface area contributed by atoms with Crippen molar-refractivity contribution in [2.24, 2.45) is 5.73 Å². The lowest BCUT2D eigenvalue weighted by Crippen LogP contribution is -2.20. The standard InChI is InChI=1S/C12H12F3N3/c13-12(14,15)10-7-17-18(8-10)11(6-16)9-4-2-1-3-5-9/h1-5,7-8,11H,6,16H2. The van der Waals surface area contributed by atoms with Crippen molar-refractivity contribution < 1.29 is 13.2 Å². The lowest BCUT2D eigenvalue weighted by molar-refractivity contribution is -0.137. The average Bonchev–Trinajstić information content (AvgIpc) is 2.81. The Bertz CT molecular complexity index is 505. The van der Waals surface area contributed by atoms with Crippen LogP contribution in [0.4, 0.5) is 13.2 Å². The highest BCUT2D eigenvalue weighted by Crippen LogP contribution is 2.29. The molecule has 0 amide bonds. The molecular formula is C12H12F3N3. The third-order valence-corrected chi connectivity index (χ3v) is 2.66. The Kier molecular flexibility index (Phi) is 3.38. The van der Waals surface area contributed by atoms with E-state index in [2.05, 4.69) is 5.10 Å². The van der Waals surface area contributed by atoms with Crippen LogP contribution in [0.25, 0.3) is 0 Å². The van der Waals surface area contributed by atoms with Gasteiger partial charge in [0.05, 0.1) is 17.8 Å². The average molecular weight is 255 g/mol. The zero-order valence-electron chi connectivity index (χ0n) is 9.43. The monoisotopic (exact) mass is 255 g/mol. The van der Waals surface area contributed by atoms with Gasteiger partial charge in [0.25, 0.3) is 0 Å². The first-order valence-electron chi connectivity index (χ1n) is 5.38. The van der Waals surface area contributed by atoms with Gasteiger partial charge in [0.15, 0.2) is 0 Å². The van der Waals surface area contributed by atoms with E-state index in [4.69, 9.17) is 5.73 Å². The van der Waals surface area contributed by atoms with Crippen LogP contribution in [0.2, 0.25) is 0 Å². The number of aromatic nitrogens is 2. The first-order chi connectivity index (χ1) is 8.52. The van der Waals surface area contributed by atoms with Crippen molar-refractivity contribution in [3.05, 3.63) is 53.9 Å². The third-order valence-electron chi connectivity index (χ3n) is 2.66. The molecule has 3 nitrogen and oxygen atoms in total. The number of alkyl halides is 3. The summed E-state index contributed by atoms with van der Waals surface area (Å²) in [5.74, 6) is 0. The van der Waals surface area contributed by atoms with Crippen molar-refractivity contribution in [1.29, 1.82) is 0 Å². The molecule has 0 aliphatic carbocycles. The Labute approximate surface area is 102 Å². The van der Waals surface area contributed by atoms with Gasteiger partial charge in [-0.3, -0.25) is 4.68 Å². The zero-order chi connectivity index (χ0) is 13.2. The second-order valence-electron chi connectivity index (χ2n) is 3.87.